The second-order valence-electron chi connectivity index (χ2n) is 5.52. The molecule has 0 fully saturated rings. The number of amides is 1. The highest BCUT2D eigenvalue weighted by Gasteiger charge is 2.07. The Morgan fingerprint density at radius 2 is 1.77 bits per heavy atom. The van der Waals surface area contributed by atoms with Crippen LogP contribution in [0.25, 0.3) is 6.08 Å². The van der Waals surface area contributed by atoms with Gasteiger partial charge in [-0.3, -0.25) is 4.79 Å². The zero-order valence-electron chi connectivity index (χ0n) is 15.1. The summed E-state index contributed by atoms with van der Waals surface area (Å²) in [4.78, 5) is 13.7. The van der Waals surface area contributed by atoms with Crippen LogP contribution in [0.15, 0.2) is 48.5 Å². The molecule has 0 spiro atoms. The van der Waals surface area contributed by atoms with E-state index in [0.29, 0.717) is 18.0 Å². The Bertz CT molecular complexity index is 754. The molecule has 0 bridgehead atoms. The molecule has 5 nitrogen and oxygen atoms in total. The monoisotopic (exact) mass is 359 g/mol. The normalized spacial score (nSPS) is 10.6. The van der Waals surface area contributed by atoms with E-state index in [4.69, 9.17) is 14.2 Å². The number of ether oxygens (including phenoxy) is 3. The van der Waals surface area contributed by atoms with Gasteiger partial charge in [-0.05, 0) is 35.9 Å². The van der Waals surface area contributed by atoms with Crippen molar-refractivity contribution < 1.29 is 23.4 Å². The van der Waals surface area contributed by atoms with Gasteiger partial charge in [-0.2, -0.15) is 0 Å². The molecule has 26 heavy (non-hydrogen) atoms. The topological polar surface area (TPSA) is 48.0 Å². The highest BCUT2D eigenvalue weighted by Crippen LogP contribution is 2.23. The Morgan fingerprint density at radius 1 is 1.12 bits per heavy atom. The second-order valence-corrected chi connectivity index (χ2v) is 5.52. The van der Waals surface area contributed by atoms with E-state index in [2.05, 4.69) is 0 Å². The summed E-state index contributed by atoms with van der Waals surface area (Å²) in [7, 11) is 4.79. The fraction of sp³-hybridized carbons (Fsp3) is 0.250. The van der Waals surface area contributed by atoms with E-state index in [-0.39, 0.29) is 18.3 Å². The number of nitrogens with zero attached hydrogens (tertiary/aromatic N) is 1. The first-order chi connectivity index (χ1) is 12.5. The molecule has 0 aliphatic rings. The maximum Gasteiger partial charge on any atom is 0.246 e. The number of hydrogen-bond donors (Lipinski definition) is 0. The molecule has 2 aromatic carbocycles. The molecule has 0 N–H and O–H groups in total. The quantitative estimate of drug-likeness (QED) is 0.678. The Labute approximate surface area is 152 Å². The lowest BCUT2D eigenvalue weighted by atomic mass is 10.2. The Kier molecular flexibility index (Phi) is 7.02. The summed E-state index contributed by atoms with van der Waals surface area (Å²) in [6, 6.07) is 11.5. The minimum Gasteiger partial charge on any atom is -0.497 e. The summed E-state index contributed by atoms with van der Waals surface area (Å²) in [5.41, 5.74) is 0.783. The number of methoxy groups -OCH3 is 2. The van der Waals surface area contributed by atoms with Crippen molar-refractivity contribution in [1.29, 1.82) is 0 Å². The largest absolute Gasteiger partial charge is 0.497 e. The average Bonchev–Trinajstić information content (AvgIpc) is 2.67. The van der Waals surface area contributed by atoms with Crippen molar-refractivity contribution in [1.82, 2.24) is 4.90 Å². The average molecular weight is 359 g/mol. The molecule has 0 aliphatic heterocycles. The summed E-state index contributed by atoms with van der Waals surface area (Å²) in [6.07, 6.45) is 3.14. The summed E-state index contributed by atoms with van der Waals surface area (Å²) in [6.45, 7) is 0.531. The maximum atomic E-state index is 13.5. The predicted molar refractivity (Wildman–Crippen MR) is 98.1 cm³/mol. The van der Waals surface area contributed by atoms with Gasteiger partial charge in [-0.15, -0.1) is 0 Å². The summed E-state index contributed by atoms with van der Waals surface area (Å²) in [5.74, 6) is 0.843. The highest BCUT2D eigenvalue weighted by atomic mass is 19.1. The molecular weight excluding hydrogens is 337 g/mol. The van der Waals surface area contributed by atoms with Crippen molar-refractivity contribution in [2.24, 2.45) is 0 Å². The van der Waals surface area contributed by atoms with Gasteiger partial charge < -0.3 is 19.1 Å². The Morgan fingerprint density at radius 3 is 2.38 bits per heavy atom. The van der Waals surface area contributed by atoms with Gasteiger partial charge in [-0.1, -0.05) is 12.1 Å². The molecule has 138 valence electrons. The molecule has 0 saturated carbocycles. The lowest BCUT2D eigenvalue weighted by Gasteiger charge is -2.15. The Hall–Kier alpha value is -3.02. The molecule has 0 aliphatic carbocycles. The number of carbonyl (C=O) groups is 1. The van der Waals surface area contributed by atoms with Gasteiger partial charge in [0.1, 0.15) is 18.1 Å². The number of benzene rings is 2. The molecular formula is C20H22FNO4. The third kappa shape index (κ3) is 5.51. The van der Waals surface area contributed by atoms with E-state index >= 15 is 0 Å². The van der Waals surface area contributed by atoms with Crippen molar-refractivity contribution in [3.05, 3.63) is 59.9 Å². The molecule has 2 aromatic rings. The van der Waals surface area contributed by atoms with Crippen LogP contribution in [-0.2, 0) is 4.79 Å². The van der Waals surface area contributed by atoms with Gasteiger partial charge in [0.05, 0.1) is 20.8 Å². The highest BCUT2D eigenvalue weighted by molar-refractivity contribution is 5.91. The first-order valence-corrected chi connectivity index (χ1v) is 8.07. The number of para-hydroxylation sites is 1. The van der Waals surface area contributed by atoms with E-state index < -0.39 is 5.82 Å². The van der Waals surface area contributed by atoms with Gasteiger partial charge in [0.25, 0.3) is 0 Å². The van der Waals surface area contributed by atoms with Crippen molar-refractivity contribution >= 4 is 12.0 Å². The molecule has 0 radical (unpaired) electrons. The van der Waals surface area contributed by atoms with Crippen molar-refractivity contribution in [2.75, 3.05) is 34.4 Å². The SMILES string of the molecule is COc1cc(/C=C/C(=O)N(C)CCOc2ccccc2F)cc(OC)c1. The van der Waals surface area contributed by atoms with E-state index in [1.807, 2.05) is 0 Å². The third-order valence-corrected chi connectivity index (χ3v) is 3.69. The number of carbonyl (C=O) groups excluding carboxylic acids is 1. The van der Waals surface area contributed by atoms with Crippen molar-refractivity contribution in [3.8, 4) is 17.2 Å². The van der Waals surface area contributed by atoms with Crippen molar-refractivity contribution in [2.45, 2.75) is 0 Å². The number of halogens is 1. The van der Waals surface area contributed by atoms with Crippen molar-refractivity contribution in [3.63, 3.8) is 0 Å². The fourth-order valence-corrected chi connectivity index (χ4v) is 2.18. The van der Waals surface area contributed by atoms with E-state index in [0.717, 1.165) is 5.56 Å². The summed E-state index contributed by atoms with van der Waals surface area (Å²) in [5, 5.41) is 0. The molecule has 0 aromatic heterocycles. The number of likely N-dealkylation sites (N-methyl/N-ethyl adjacent to an activating group) is 1. The van der Waals surface area contributed by atoms with Crippen LogP contribution in [0.2, 0.25) is 0 Å². The van der Waals surface area contributed by atoms with Crippen LogP contribution >= 0.6 is 0 Å². The standard InChI is InChI=1S/C20H22FNO4/c1-22(10-11-26-19-7-5-4-6-18(19)21)20(23)9-8-15-12-16(24-2)14-17(13-15)25-3/h4-9,12-14H,10-11H2,1-3H3/b9-8+. The van der Waals surface area contributed by atoms with E-state index in [9.17, 15) is 9.18 Å². The summed E-state index contributed by atoms with van der Waals surface area (Å²) >= 11 is 0. The number of hydrogen-bond acceptors (Lipinski definition) is 4. The molecule has 0 unspecified atom stereocenters. The van der Waals surface area contributed by atoms with Crippen LogP contribution in [0.1, 0.15) is 5.56 Å². The van der Waals surface area contributed by atoms with Crippen LogP contribution < -0.4 is 14.2 Å². The minimum absolute atomic E-state index is 0.173. The van der Waals surface area contributed by atoms with Crippen LogP contribution in [0, 0.1) is 5.82 Å². The first-order valence-electron chi connectivity index (χ1n) is 8.07. The summed E-state index contributed by atoms with van der Waals surface area (Å²) < 4.78 is 29.2. The van der Waals surface area contributed by atoms with Gasteiger partial charge in [0.15, 0.2) is 11.6 Å². The smallest absolute Gasteiger partial charge is 0.246 e. The van der Waals surface area contributed by atoms with Crippen LogP contribution in [0.3, 0.4) is 0 Å². The molecule has 2 rings (SSSR count). The second kappa shape index (κ2) is 9.46. The maximum absolute atomic E-state index is 13.5. The van der Waals surface area contributed by atoms with Gasteiger partial charge in [-0.25, -0.2) is 4.39 Å². The lowest BCUT2D eigenvalue weighted by Crippen LogP contribution is -2.29. The first kappa shape index (κ1) is 19.3. The van der Waals surface area contributed by atoms with E-state index in [1.54, 1.807) is 63.7 Å². The minimum atomic E-state index is -0.423. The molecule has 0 heterocycles. The molecule has 1 amide bonds. The van der Waals surface area contributed by atoms with Gasteiger partial charge in [0, 0.05) is 19.2 Å². The Balaban J connectivity index is 1.90. The molecule has 0 atom stereocenters. The van der Waals surface area contributed by atoms with Gasteiger partial charge in [0.2, 0.25) is 5.91 Å². The zero-order valence-corrected chi connectivity index (χ0v) is 15.1. The fourth-order valence-electron chi connectivity index (χ4n) is 2.18. The van der Waals surface area contributed by atoms with Crippen LogP contribution in [0.5, 0.6) is 17.2 Å². The lowest BCUT2D eigenvalue weighted by molar-refractivity contribution is -0.125. The van der Waals surface area contributed by atoms with Gasteiger partial charge >= 0.3 is 0 Å². The third-order valence-electron chi connectivity index (χ3n) is 3.69. The molecule has 6 heteroatoms. The molecule has 0 saturated heterocycles. The predicted octanol–water partition coefficient (Wildman–Crippen LogP) is 3.39. The van der Waals surface area contributed by atoms with Crippen LogP contribution in [0.4, 0.5) is 4.39 Å². The van der Waals surface area contributed by atoms with Crippen LogP contribution in [-0.4, -0.2) is 45.2 Å². The zero-order chi connectivity index (χ0) is 18.9. The van der Waals surface area contributed by atoms with E-state index in [1.165, 1.54) is 17.0 Å². The number of rotatable bonds is 8.